The lowest BCUT2D eigenvalue weighted by atomic mass is 9.97. The molecule has 15 heteroatoms. The van der Waals surface area contributed by atoms with E-state index >= 15 is 0 Å². The van der Waals surface area contributed by atoms with Crippen molar-refractivity contribution in [1.29, 1.82) is 0 Å². The van der Waals surface area contributed by atoms with E-state index in [1.807, 2.05) is 0 Å². The summed E-state index contributed by atoms with van der Waals surface area (Å²) in [4.78, 5) is 68.7. The van der Waals surface area contributed by atoms with Gasteiger partial charge in [-0.15, -0.1) is 0 Å². The molecule has 0 spiro atoms. The van der Waals surface area contributed by atoms with Gasteiger partial charge in [-0.2, -0.15) is 0 Å². The molecule has 0 atom stereocenters. The minimum Gasteiger partial charge on any atom is -0.507 e. The highest BCUT2D eigenvalue weighted by molar-refractivity contribution is 6.29. The second kappa shape index (κ2) is 27.7. The number of aliphatic hydroxyl groups excluding tert-OH is 5. The molecule has 0 heterocycles. The Morgan fingerprint density at radius 3 is 1.15 bits per heavy atom. The highest BCUT2D eigenvalue weighted by Gasteiger charge is 2.24. The van der Waals surface area contributed by atoms with E-state index in [2.05, 4.69) is 0 Å². The van der Waals surface area contributed by atoms with E-state index in [-0.39, 0.29) is 43.8 Å². The number of carbonyl (C=O) groups excluding carboxylic acids is 6. The van der Waals surface area contributed by atoms with Crippen molar-refractivity contribution in [2.75, 3.05) is 28.4 Å². The first-order chi connectivity index (χ1) is 31.0. The molecule has 0 unspecified atom stereocenters. The molecular formula is C50H54O15. The van der Waals surface area contributed by atoms with Crippen LogP contribution in [0.5, 0.6) is 23.0 Å². The van der Waals surface area contributed by atoms with Crippen molar-refractivity contribution in [3.05, 3.63) is 147 Å². The van der Waals surface area contributed by atoms with Crippen LogP contribution >= 0.6 is 0 Å². The van der Waals surface area contributed by atoms with E-state index < -0.39 is 28.8 Å². The molecular weight excluding hydrogens is 841 g/mol. The second-order valence-electron chi connectivity index (χ2n) is 13.8. The quantitative estimate of drug-likeness (QED) is 0.0172. The lowest BCUT2D eigenvalue weighted by Gasteiger charge is -2.08. The zero-order valence-corrected chi connectivity index (χ0v) is 37.2. The molecule has 0 fully saturated rings. The minimum atomic E-state index is -1.03. The third-order valence-electron chi connectivity index (χ3n) is 9.35. The van der Waals surface area contributed by atoms with Gasteiger partial charge in [-0.25, -0.2) is 0 Å². The van der Waals surface area contributed by atoms with E-state index in [4.69, 9.17) is 29.2 Å². The van der Waals surface area contributed by atoms with Crippen LogP contribution in [0.25, 0.3) is 18.2 Å². The average Bonchev–Trinajstić information content (AvgIpc) is 3.31. The molecule has 0 radical (unpaired) electrons. The standard InChI is InChI=1S/C34H34O9.C9H10O3.C7H10O3/c1-40-30-15-9-23(18-32(30)42-3)7-13-28(38)34(27(37)12-6-22-5-11-25(20-35)26(17-22)21-36)29(39)14-8-24-10-16-31(41-2)33(19-24)43-4;10-4-7-1-2-8(5-11)9(3-7)6-12;1-4(8)7(5(2)9)6(3)10/h5-19,35-37H,20-21H2,1-4H3;1-4,11-12H,5-6H2;7H,1-3H3/b12-6+,13-7+,14-8+;;. The fourth-order valence-corrected chi connectivity index (χ4v) is 5.99. The summed E-state index contributed by atoms with van der Waals surface area (Å²) in [6, 6.07) is 19.9. The van der Waals surface area contributed by atoms with Crippen molar-refractivity contribution in [2.24, 2.45) is 5.92 Å². The van der Waals surface area contributed by atoms with Gasteiger partial charge >= 0.3 is 0 Å². The van der Waals surface area contributed by atoms with Crippen LogP contribution in [0.3, 0.4) is 0 Å². The maximum atomic E-state index is 13.3. The van der Waals surface area contributed by atoms with Gasteiger partial charge in [-0.3, -0.25) is 28.8 Å². The maximum absolute atomic E-state index is 13.3. The Morgan fingerprint density at radius 2 is 0.815 bits per heavy atom. The van der Waals surface area contributed by atoms with Crippen molar-refractivity contribution in [3.63, 3.8) is 0 Å². The molecule has 5 N–H and O–H groups in total. The van der Waals surface area contributed by atoms with Crippen LogP contribution < -0.4 is 18.9 Å². The smallest absolute Gasteiger partial charge is 0.193 e. The first-order valence-corrected chi connectivity index (χ1v) is 19.7. The fraction of sp³-hybridized carbons (Fsp3) is 0.240. The third-order valence-corrected chi connectivity index (χ3v) is 9.35. The third kappa shape index (κ3) is 16.4. The van der Waals surface area contributed by atoms with E-state index in [9.17, 15) is 44.1 Å². The molecule has 344 valence electrons. The van der Waals surface area contributed by atoms with Gasteiger partial charge in [0.2, 0.25) is 0 Å². The molecule has 15 nitrogen and oxygen atoms in total. The molecule has 0 aliphatic rings. The van der Waals surface area contributed by atoms with Gasteiger partial charge in [0, 0.05) is 5.56 Å². The van der Waals surface area contributed by atoms with E-state index in [0.29, 0.717) is 73.8 Å². The number of hydrogen-bond donors (Lipinski definition) is 5. The van der Waals surface area contributed by atoms with E-state index in [1.54, 1.807) is 72.8 Å². The van der Waals surface area contributed by atoms with Crippen molar-refractivity contribution in [3.8, 4) is 23.0 Å². The van der Waals surface area contributed by atoms with Gasteiger partial charge in [-0.05, 0) is 114 Å². The second-order valence-corrected chi connectivity index (χ2v) is 13.8. The molecule has 0 saturated heterocycles. The molecule has 4 aromatic carbocycles. The van der Waals surface area contributed by atoms with Crippen molar-refractivity contribution >= 4 is 53.4 Å². The summed E-state index contributed by atoms with van der Waals surface area (Å²) in [5, 5.41) is 47.6. The van der Waals surface area contributed by atoms with Crippen molar-refractivity contribution < 1.29 is 73.2 Å². The van der Waals surface area contributed by atoms with Crippen LogP contribution in [0.1, 0.15) is 70.1 Å². The van der Waals surface area contributed by atoms with Crippen LogP contribution in [-0.4, -0.2) is 89.2 Å². The summed E-state index contributed by atoms with van der Waals surface area (Å²) in [5.74, 6) is -2.22. The number of ether oxygens (including phenoxy) is 4. The molecule has 65 heavy (non-hydrogen) atoms. The zero-order valence-electron chi connectivity index (χ0n) is 37.2. The SMILES string of the molecule is CC(=O)C(C(C)=O)C(C)=O.COc1ccc(/C=C/C(=O)C(C(=O)/C=C/c2ccc(OC)c(OC)c2)=C(O)/C=C/c2ccc(CO)c(CO)c2)cc1OC.O=Cc1ccc(CO)c(CO)c1. The molecule has 0 saturated carbocycles. The number of aldehydes is 1. The van der Waals surface area contributed by atoms with E-state index in [0.717, 1.165) is 0 Å². The van der Waals surface area contributed by atoms with Gasteiger partial charge in [-0.1, -0.05) is 54.6 Å². The van der Waals surface area contributed by atoms with Gasteiger partial charge in [0.15, 0.2) is 34.6 Å². The number of carbonyl (C=O) groups is 6. The number of rotatable bonds is 20. The van der Waals surface area contributed by atoms with Gasteiger partial charge in [0.1, 0.15) is 40.9 Å². The lowest BCUT2D eigenvalue weighted by molar-refractivity contribution is -0.137. The summed E-state index contributed by atoms with van der Waals surface area (Å²) >= 11 is 0. The number of hydrogen-bond acceptors (Lipinski definition) is 15. The normalized spacial score (nSPS) is 10.7. The van der Waals surface area contributed by atoms with Crippen LogP contribution in [0.4, 0.5) is 0 Å². The number of Topliss-reactive ketones (excluding diaryl/α,β-unsaturated/α-hetero) is 3. The van der Waals surface area contributed by atoms with Crippen LogP contribution in [0, 0.1) is 5.92 Å². The van der Waals surface area contributed by atoms with Crippen molar-refractivity contribution in [2.45, 2.75) is 47.2 Å². The molecule has 0 aliphatic carbocycles. The predicted octanol–water partition coefficient (Wildman–Crippen LogP) is 5.95. The minimum absolute atomic E-state index is 0.116. The number of ketones is 5. The van der Waals surface area contributed by atoms with Crippen LogP contribution in [0.15, 0.2) is 102 Å². The number of methoxy groups -OCH3 is 4. The summed E-state index contributed by atoms with van der Waals surface area (Å²) in [5.41, 5.74) is 4.17. The number of allylic oxidation sites excluding steroid dienone is 4. The first kappa shape index (κ1) is 53.8. The highest BCUT2D eigenvalue weighted by atomic mass is 16.5. The average molecular weight is 895 g/mol. The molecule has 4 aromatic rings. The zero-order chi connectivity index (χ0) is 48.6. The van der Waals surface area contributed by atoms with Gasteiger partial charge in [0.25, 0.3) is 0 Å². The Hall–Kier alpha value is -7.30. The Morgan fingerprint density at radius 1 is 0.477 bits per heavy atom. The molecule has 0 amide bonds. The Balaban J connectivity index is 0.000000536. The lowest BCUT2D eigenvalue weighted by Crippen LogP contribution is -2.26. The largest absolute Gasteiger partial charge is 0.507 e. The van der Waals surface area contributed by atoms with Gasteiger partial charge < -0.3 is 44.5 Å². The highest BCUT2D eigenvalue weighted by Crippen LogP contribution is 2.29. The molecule has 0 aliphatic heterocycles. The monoisotopic (exact) mass is 894 g/mol. The Bertz CT molecular complexity index is 2330. The summed E-state index contributed by atoms with van der Waals surface area (Å²) < 4.78 is 21.1. The van der Waals surface area contributed by atoms with Crippen LogP contribution in [0.2, 0.25) is 0 Å². The van der Waals surface area contributed by atoms with E-state index in [1.165, 1.54) is 85.7 Å². The predicted molar refractivity (Wildman–Crippen MR) is 243 cm³/mol. The van der Waals surface area contributed by atoms with Gasteiger partial charge in [0.05, 0.1) is 54.9 Å². The van der Waals surface area contributed by atoms with Crippen molar-refractivity contribution in [1.82, 2.24) is 0 Å². The number of aliphatic hydroxyl groups is 5. The topological polar surface area (TPSA) is 240 Å². The Labute approximate surface area is 377 Å². The first-order valence-electron chi connectivity index (χ1n) is 19.7. The summed E-state index contributed by atoms with van der Waals surface area (Å²) in [7, 11) is 6.01. The molecule has 0 aromatic heterocycles. The Kier molecular flexibility index (Phi) is 22.9. The summed E-state index contributed by atoms with van der Waals surface area (Å²) in [6.07, 6.45) is 8.79. The molecule has 0 bridgehead atoms. The maximum Gasteiger partial charge on any atom is 0.193 e. The summed E-state index contributed by atoms with van der Waals surface area (Å²) in [6.45, 7) is 2.93. The van der Waals surface area contributed by atoms with Crippen LogP contribution in [-0.2, 0) is 50.4 Å². The number of benzene rings is 4. The molecule has 4 rings (SSSR count). The fourth-order valence-electron chi connectivity index (χ4n) is 5.99.